The van der Waals surface area contributed by atoms with Gasteiger partial charge in [0.1, 0.15) is 5.75 Å². The van der Waals surface area contributed by atoms with E-state index in [0.717, 1.165) is 33.6 Å². The minimum absolute atomic E-state index is 0.0269. The molecule has 1 aromatic heterocycles. The number of benzene rings is 1. The van der Waals surface area contributed by atoms with E-state index in [-0.39, 0.29) is 11.8 Å². The van der Waals surface area contributed by atoms with E-state index in [9.17, 15) is 9.59 Å². The topological polar surface area (TPSA) is 65.6 Å². The number of hydrogen-bond donors (Lipinski definition) is 1. The maximum absolute atomic E-state index is 13.0. The second-order valence-corrected chi connectivity index (χ2v) is 7.09. The Hall–Kier alpha value is -2.76. The van der Waals surface area contributed by atoms with Crippen LogP contribution in [-0.2, 0) is 11.2 Å². The number of methoxy groups -OCH3 is 1. The van der Waals surface area contributed by atoms with E-state index in [2.05, 4.69) is 4.98 Å². The first-order valence-corrected chi connectivity index (χ1v) is 9.26. The monoisotopic (exact) mass is 369 g/mol. The Morgan fingerprint density at radius 3 is 2.33 bits per heavy atom. The molecule has 2 heterocycles. The summed E-state index contributed by atoms with van der Waals surface area (Å²) >= 11 is 0. The summed E-state index contributed by atoms with van der Waals surface area (Å²) in [6.07, 6.45) is 4.06. The molecular formula is C21H27N3O3. The molecular weight excluding hydrogens is 342 g/mol. The van der Waals surface area contributed by atoms with Crippen molar-refractivity contribution in [2.24, 2.45) is 0 Å². The van der Waals surface area contributed by atoms with Crippen molar-refractivity contribution in [2.45, 2.75) is 27.2 Å². The van der Waals surface area contributed by atoms with Crippen molar-refractivity contribution >= 4 is 11.8 Å². The number of rotatable bonds is 4. The zero-order valence-corrected chi connectivity index (χ0v) is 16.5. The van der Waals surface area contributed by atoms with Gasteiger partial charge in [-0.1, -0.05) is 0 Å². The van der Waals surface area contributed by atoms with Gasteiger partial charge in [0.05, 0.1) is 13.5 Å². The number of carbonyl (C=O) groups is 2. The molecule has 6 heteroatoms. The molecule has 27 heavy (non-hydrogen) atoms. The molecule has 6 nitrogen and oxygen atoms in total. The average Bonchev–Trinajstić information content (AvgIpc) is 3.17. The van der Waals surface area contributed by atoms with Crippen LogP contribution in [0.15, 0.2) is 24.5 Å². The Balaban J connectivity index is 1.66. The molecule has 0 unspecified atom stereocenters. The molecule has 2 aromatic rings. The largest absolute Gasteiger partial charge is 0.496 e. The van der Waals surface area contributed by atoms with Crippen LogP contribution in [0, 0.1) is 20.8 Å². The van der Waals surface area contributed by atoms with Crippen LogP contribution in [0.2, 0.25) is 0 Å². The first-order chi connectivity index (χ1) is 12.9. The summed E-state index contributed by atoms with van der Waals surface area (Å²) in [6.45, 7) is 8.16. The standard InChI is InChI=1S/C21H27N3O3/c1-14-11-18(15(2)16(3)20(14)27-4)21(26)24-9-7-23(8-10-24)19(25)12-17-5-6-22-13-17/h5-6,11,13,22H,7-10,12H2,1-4H3. The SMILES string of the molecule is COc1c(C)cc(C(=O)N2CCN(C(=O)Cc3cc[nH]c3)CC2)c(C)c1C. The number of amides is 2. The molecule has 0 bridgehead atoms. The highest BCUT2D eigenvalue weighted by molar-refractivity contribution is 5.96. The zero-order chi connectivity index (χ0) is 19.6. The van der Waals surface area contributed by atoms with Gasteiger partial charge in [-0.3, -0.25) is 9.59 Å². The molecule has 1 fully saturated rings. The third-order valence-electron chi connectivity index (χ3n) is 5.40. The molecule has 1 aromatic carbocycles. The summed E-state index contributed by atoms with van der Waals surface area (Å²) in [4.78, 5) is 32.1. The molecule has 0 spiro atoms. The smallest absolute Gasteiger partial charge is 0.254 e. The third kappa shape index (κ3) is 3.84. The van der Waals surface area contributed by atoms with Gasteiger partial charge in [0.2, 0.25) is 5.91 Å². The van der Waals surface area contributed by atoms with Crippen LogP contribution in [0.3, 0.4) is 0 Å². The van der Waals surface area contributed by atoms with Crippen LogP contribution in [0.25, 0.3) is 0 Å². The quantitative estimate of drug-likeness (QED) is 0.900. The second kappa shape index (κ2) is 7.86. The van der Waals surface area contributed by atoms with Crippen LogP contribution in [0.4, 0.5) is 0 Å². The van der Waals surface area contributed by atoms with Crippen molar-refractivity contribution in [3.63, 3.8) is 0 Å². The molecule has 0 saturated carbocycles. The predicted octanol–water partition coefficient (Wildman–Crippen LogP) is 2.48. The van der Waals surface area contributed by atoms with E-state index in [0.29, 0.717) is 32.6 Å². The fraction of sp³-hybridized carbons (Fsp3) is 0.429. The van der Waals surface area contributed by atoms with Crippen LogP contribution in [0.1, 0.15) is 32.6 Å². The summed E-state index contributed by atoms with van der Waals surface area (Å²) < 4.78 is 5.45. The van der Waals surface area contributed by atoms with Crippen molar-refractivity contribution in [3.05, 3.63) is 52.3 Å². The number of H-pyrrole nitrogens is 1. The van der Waals surface area contributed by atoms with Crippen LogP contribution < -0.4 is 4.74 Å². The van der Waals surface area contributed by atoms with E-state index in [1.807, 2.05) is 55.1 Å². The number of hydrogen-bond acceptors (Lipinski definition) is 3. The Morgan fingerprint density at radius 1 is 1.07 bits per heavy atom. The number of aromatic nitrogens is 1. The number of aromatic amines is 1. The maximum Gasteiger partial charge on any atom is 0.254 e. The Morgan fingerprint density at radius 2 is 1.74 bits per heavy atom. The first kappa shape index (κ1) is 19.0. The van der Waals surface area contributed by atoms with E-state index in [4.69, 9.17) is 4.74 Å². The van der Waals surface area contributed by atoms with Crippen LogP contribution in [-0.4, -0.2) is 59.9 Å². The van der Waals surface area contributed by atoms with Crippen molar-refractivity contribution in [1.29, 1.82) is 0 Å². The molecule has 0 atom stereocenters. The molecule has 2 amide bonds. The summed E-state index contributed by atoms with van der Waals surface area (Å²) in [6, 6.07) is 3.82. The number of nitrogens with one attached hydrogen (secondary N) is 1. The highest BCUT2D eigenvalue weighted by atomic mass is 16.5. The third-order valence-corrected chi connectivity index (χ3v) is 5.40. The molecule has 1 N–H and O–H groups in total. The molecule has 0 radical (unpaired) electrons. The van der Waals surface area contributed by atoms with E-state index < -0.39 is 0 Å². The van der Waals surface area contributed by atoms with Crippen molar-refractivity contribution in [1.82, 2.24) is 14.8 Å². The Kier molecular flexibility index (Phi) is 5.54. The first-order valence-electron chi connectivity index (χ1n) is 9.26. The lowest BCUT2D eigenvalue weighted by Crippen LogP contribution is -2.51. The van der Waals surface area contributed by atoms with Gasteiger partial charge in [-0.2, -0.15) is 0 Å². The summed E-state index contributed by atoms with van der Waals surface area (Å²) in [5.74, 6) is 0.970. The van der Waals surface area contributed by atoms with Gasteiger partial charge in [-0.15, -0.1) is 0 Å². The lowest BCUT2D eigenvalue weighted by atomic mass is 9.97. The highest BCUT2D eigenvalue weighted by Crippen LogP contribution is 2.29. The van der Waals surface area contributed by atoms with Crippen LogP contribution in [0.5, 0.6) is 5.75 Å². The molecule has 1 saturated heterocycles. The number of carbonyl (C=O) groups excluding carboxylic acids is 2. The van der Waals surface area contributed by atoms with Crippen molar-refractivity contribution in [2.75, 3.05) is 33.3 Å². The molecule has 1 aliphatic rings. The van der Waals surface area contributed by atoms with E-state index >= 15 is 0 Å². The molecule has 144 valence electrons. The van der Waals surface area contributed by atoms with E-state index in [1.54, 1.807) is 7.11 Å². The van der Waals surface area contributed by atoms with Crippen molar-refractivity contribution < 1.29 is 14.3 Å². The number of piperazine rings is 1. The van der Waals surface area contributed by atoms with Gasteiger partial charge in [0.25, 0.3) is 5.91 Å². The van der Waals surface area contributed by atoms with Gasteiger partial charge in [0, 0.05) is 44.1 Å². The second-order valence-electron chi connectivity index (χ2n) is 7.09. The van der Waals surface area contributed by atoms with Crippen LogP contribution >= 0.6 is 0 Å². The molecule has 3 rings (SSSR count). The van der Waals surface area contributed by atoms with Gasteiger partial charge in [0.15, 0.2) is 0 Å². The zero-order valence-electron chi connectivity index (χ0n) is 16.5. The minimum atomic E-state index is 0.0269. The van der Waals surface area contributed by atoms with Gasteiger partial charge < -0.3 is 19.5 Å². The van der Waals surface area contributed by atoms with Gasteiger partial charge in [-0.05, 0) is 55.2 Å². The minimum Gasteiger partial charge on any atom is -0.496 e. The summed E-state index contributed by atoms with van der Waals surface area (Å²) in [5, 5.41) is 0. The lowest BCUT2D eigenvalue weighted by molar-refractivity contribution is -0.131. The Bertz CT molecular complexity index is 835. The van der Waals surface area contributed by atoms with Crippen molar-refractivity contribution in [3.8, 4) is 5.75 Å². The normalized spacial score (nSPS) is 14.4. The molecule has 1 aliphatic heterocycles. The lowest BCUT2D eigenvalue weighted by Gasteiger charge is -2.35. The number of nitrogens with zero attached hydrogens (tertiary/aromatic N) is 2. The summed E-state index contributed by atoms with van der Waals surface area (Å²) in [5.41, 5.74) is 4.62. The van der Waals surface area contributed by atoms with Gasteiger partial charge in [-0.25, -0.2) is 0 Å². The number of aryl methyl sites for hydroxylation is 1. The Labute approximate surface area is 160 Å². The maximum atomic E-state index is 13.0. The molecule has 0 aliphatic carbocycles. The number of ether oxygens (including phenoxy) is 1. The fourth-order valence-electron chi connectivity index (χ4n) is 3.68. The van der Waals surface area contributed by atoms with E-state index in [1.165, 1.54) is 0 Å². The fourth-order valence-corrected chi connectivity index (χ4v) is 3.68. The summed E-state index contributed by atoms with van der Waals surface area (Å²) in [7, 11) is 1.65. The average molecular weight is 369 g/mol. The highest BCUT2D eigenvalue weighted by Gasteiger charge is 2.26. The van der Waals surface area contributed by atoms with Gasteiger partial charge >= 0.3 is 0 Å². The predicted molar refractivity (Wildman–Crippen MR) is 104 cm³/mol.